The summed E-state index contributed by atoms with van der Waals surface area (Å²) in [5.74, 6) is -0.203. The number of hydrogen-bond donors (Lipinski definition) is 1. The van der Waals surface area contributed by atoms with Crippen LogP contribution in [0.4, 0.5) is 5.69 Å². The first-order valence-corrected chi connectivity index (χ1v) is 9.15. The molecular weight excluding hydrogens is 320 g/mol. The third kappa shape index (κ3) is 3.94. The molecule has 0 saturated carbocycles. The second kappa shape index (κ2) is 8.15. The molecule has 0 bridgehead atoms. The highest BCUT2D eigenvalue weighted by molar-refractivity contribution is 5.99. The molecule has 0 aliphatic rings. The molecule has 1 unspecified atom stereocenters. The largest absolute Gasteiger partial charge is 0.325 e. The highest BCUT2D eigenvalue weighted by Crippen LogP contribution is 2.27. The average molecular weight is 346 g/mol. The highest BCUT2D eigenvalue weighted by atomic mass is 16.1. The van der Waals surface area contributed by atoms with Gasteiger partial charge in [0.2, 0.25) is 5.91 Å². The van der Waals surface area contributed by atoms with Crippen molar-refractivity contribution in [2.24, 2.45) is 0 Å². The zero-order valence-electron chi connectivity index (χ0n) is 15.7. The maximum absolute atomic E-state index is 12.9. The number of anilines is 1. The first kappa shape index (κ1) is 18.2. The molecule has 0 heterocycles. The van der Waals surface area contributed by atoms with E-state index in [0.29, 0.717) is 0 Å². The van der Waals surface area contributed by atoms with Gasteiger partial charge in [-0.05, 0) is 48.5 Å². The summed E-state index contributed by atoms with van der Waals surface area (Å²) in [5.41, 5.74) is 3.09. The van der Waals surface area contributed by atoms with Crippen LogP contribution >= 0.6 is 0 Å². The molecule has 3 heteroatoms. The topological polar surface area (TPSA) is 32.3 Å². The second-order valence-corrected chi connectivity index (χ2v) is 6.77. The number of rotatable bonds is 6. The van der Waals surface area contributed by atoms with E-state index in [-0.39, 0.29) is 11.8 Å². The number of nitrogens with zero attached hydrogens (tertiary/aromatic N) is 1. The molecule has 134 valence electrons. The van der Waals surface area contributed by atoms with Gasteiger partial charge in [-0.2, -0.15) is 0 Å². The molecule has 0 saturated heterocycles. The Balaban J connectivity index is 1.84. The van der Waals surface area contributed by atoms with E-state index in [1.165, 1.54) is 0 Å². The van der Waals surface area contributed by atoms with Gasteiger partial charge in [-0.25, -0.2) is 0 Å². The fourth-order valence-corrected chi connectivity index (χ4v) is 3.19. The normalized spacial score (nSPS) is 12.3. The van der Waals surface area contributed by atoms with Crippen LogP contribution in [-0.2, 0) is 11.3 Å². The number of hydrogen-bond acceptors (Lipinski definition) is 2. The maximum Gasteiger partial charge on any atom is 0.231 e. The molecule has 0 fully saturated rings. The minimum Gasteiger partial charge on any atom is -0.325 e. The van der Waals surface area contributed by atoms with E-state index in [1.807, 2.05) is 49.4 Å². The van der Waals surface area contributed by atoms with Crippen LogP contribution in [0.25, 0.3) is 10.8 Å². The summed E-state index contributed by atoms with van der Waals surface area (Å²) in [6.07, 6.45) is 0. The van der Waals surface area contributed by atoms with E-state index in [1.54, 1.807) is 0 Å². The standard InChI is InChI=1S/C23H26N2O/c1-4-25(3)16-19-11-6-8-15-22(19)24-23(26)17(2)20-14-9-12-18-10-5-7-13-21(18)20/h5-15,17H,4,16H2,1-3H3,(H,24,26). The molecule has 1 atom stereocenters. The Bertz CT molecular complexity index is 898. The predicted molar refractivity (Wildman–Crippen MR) is 109 cm³/mol. The van der Waals surface area contributed by atoms with Crippen molar-refractivity contribution in [3.63, 3.8) is 0 Å². The van der Waals surface area contributed by atoms with E-state index >= 15 is 0 Å². The van der Waals surface area contributed by atoms with Gasteiger partial charge < -0.3 is 10.2 Å². The second-order valence-electron chi connectivity index (χ2n) is 6.77. The van der Waals surface area contributed by atoms with E-state index in [2.05, 4.69) is 48.5 Å². The van der Waals surface area contributed by atoms with Gasteiger partial charge in [0.25, 0.3) is 0 Å². The molecule has 3 aromatic carbocycles. The molecular formula is C23H26N2O. The van der Waals surface area contributed by atoms with E-state index in [0.717, 1.165) is 40.7 Å². The van der Waals surface area contributed by atoms with E-state index < -0.39 is 0 Å². The van der Waals surface area contributed by atoms with Crippen molar-refractivity contribution in [1.82, 2.24) is 4.90 Å². The minimum atomic E-state index is -0.224. The van der Waals surface area contributed by atoms with Gasteiger partial charge in [-0.3, -0.25) is 4.79 Å². The van der Waals surface area contributed by atoms with Crippen LogP contribution in [0.2, 0.25) is 0 Å². The van der Waals surface area contributed by atoms with Crippen molar-refractivity contribution < 1.29 is 4.79 Å². The number of carbonyl (C=O) groups excluding carboxylic acids is 1. The Kier molecular flexibility index (Phi) is 5.69. The summed E-state index contributed by atoms with van der Waals surface area (Å²) in [7, 11) is 2.08. The van der Waals surface area contributed by atoms with Crippen molar-refractivity contribution in [2.75, 3.05) is 18.9 Å². The van der Waals surface area contributed by atoms with Crippen LogP contribution in [0.1, 0.15) is 30.9 Å². The minimum absolute atomic E-state index is 0.0213. The van der Waals surface area contributed by atoms with Gasteiger partial charge in [0.15, 0.2) is 0 Å². The molecule has 1 amide bonds. The van der Waals surface area contributed by atoms with Crippen LogP contribution in [0, 0.1) is 0 Å². The van der Waals surface area contributed by atoms with E-state index in [4.69, 9.17) is 0 Å². The summed E-state index contributed by atoms with van der Waals surface area (Å²) in [6.45, 7) is 5.88. The summed E-state index contributed by atoms with van der Waals surface area (Å²) in [4.78, 5) is 15.2. The lowest BCUT2D eigenvalue weighted by Crippen LogP contribution is -2.22. The molecule has 0 aliphatic heterocycles. The molecule has 26 heavy (non-hydrogen) atoms. The van der Waals surface area contributed by atoms with Crippen molar-refractivity contribution in [2.45, 2.75) is 26.3 Å². The lowest BCUT2D eigenvalue weighted by atomic mass is 9.94. The van der Waals surface area contributed by atoms with Gasteiger partial charge in [0.05, 0.1) is 5.92 Å². The summed E-state index contributed by atoms with van der Waals surface area (Å²) < 4.78 is 0. The average Bonchev–Trinajstić information content (AvgIpc) is 2.68. The summed E-state index contributed by atoms with van der Waals surface area (Å²) in [6, 6.07) is 22.4. The van der Waals surface area contributed by atoms with Crippen LogP contribution in [0.3, 0.4) is 0 Å². The van der Waals surface area contributed by atoms with Crippen LogP contribution in [-0.4, -0.2) is 24.4 Å². The van der Waals surface area contributed by atoms with Crippen LogP contribution in [0.5, 0.6) is 0 Å². The fourth-order valence-electron chi connectivity index (χ4n) is 3.19. The SMILES string of the molecule is CCN(C)Cc1ccccc1NC(=O)C(C)c1cccc2ccccc12. The third-order valence-electron chi connectivity index (χ3n) is 4.94. The lowest BCUT2D eigenvalue weighted by molar-refractivity contribution is -0.117. The predicted octanol–water partition coefficient (Wildman–Crippen LogP) is 5.03. The molecule has 0 spiro atoms. The number of benzene rings is 3. The third-order valence-corrected chi connectivity index (χ3v) is 4.94. The number of para-hydroxylation sites is 1. The molecule has 3 aromatic rings. The zero-order valence-corrected chi connectivity index (χ0v) is 15.7. The quantitative estimate of drug-likeness (QED) is 0.678. The Morgan fingerprint density at radius 3 is 2.50 bits per heavy atom. The molecule has 0 aromatic heterocycles. The monoisotopic (exact) mass is 346 g/mol. The summed E-state index contributed by atoms with van der Waals surface area (Å²) >= 11 is 0. The van der Waals surface area contributed by atoms with Crippen LogP contribution in [0.15, 0.2) is 66.7 Å². The smallest absolute Gasteiger partial charge is 0.231 e. The van der Waals surface area contributed by atoms with Gasteiger partial charge in [-0.15, -0.1) is 0 Å². The van der Waals surface area contributed by atoms with Gasteiger partial charge in [-0.1, -0.05) is 67.6 Å². The van der Waals surface area contributed by atoms with Gasteiger partial charge >= 0.3 is 0 Å². The lowest BCUT2D eigenvalue weighted by Gasteiger charge is -2.19. The van der Waals surface area contributed by atoms with Gasteiger partial charge in [0, 0.05) is 12.2 Å². The molecule has 3 nitrogen and oxygen atoms in total. The van der Waals surface area contributed by atoms with Gasteiger partial charge in [0.1, 0.15) is 0 Å². The number of nitrogens with one attached hydrogen (secondary N) is 1. The molecule has 0 aliphatic carbocycles. The van der Waals surface area contributed by atoms with Crippen molar-refractivity contribution in [3.05, 3.63) is 77.9 Å². The molecule has 0 radical (unpaired) electrons. The first-order valence-electron chi connectivity index (χ1n) is 9.15. The zero-order chi connectivity index (χ0) is 18.5. The van der Waals surface area contributed by atoms with Crippen molar-refractivity contribution >= 4 is 22.4 Å². The summed E-state index contributed by atoms with van der Waals surface area (Å²) in [5, 5.41) is 5.43. The first-order chi connectivity index (χ1) is 12.6. The number of carbonyl (C=O) groups is 1. The van der Waals surface area contributed by atoms with Crippen molar-refractivity contribution in [3.8, 4) is 0 Å². The molecule has 3 rings (SSSR count). The molecule has 1 N–H and O–H groups in total. The number of fused-ring (bicyclic) bond motifs is 1. The van der Waals surface area contributed by atoms with Crippen molar-refractivity contribution in [1.29, 1.82) is 0 Å². The maximum atomic E-state index is 12.9. The Labute approximate surface area is 155 Å². The number of amides is 1. The Morgan fingerprint density at radius 2 is 1.69 bits per heavy atom. The van der Waals surface area contributed by atoms with E-state index in [9.17, 15) is 4.79 Å². The Hall–Kier alpha value is -2.65. The van der Waals surface area contributed by atoms with Crippen LogP contribution < -0.4 is 5.32 Å². The highest BCUT2D eigenvalue weighted by Gasteiger charge is 2.18. The fraction of sp³-hybridized carbons (Fsp3) is 0.261. The Morgan fingerprint density at radius 1 is 1.00 bits per heavy atom.